The predicted octanol–water partition coefficient (Wildman–Crippen LogP) is 2.57. The number of aromatic nitrogens is 4. The molecule has 2 aromatic heterocycles. The highest BCUT2D eigenvalue weighted by atomic mass is 32.2. The van der Waals surface area contributed by atoms with Crippen molar-refractivity contribution in [3.63, 3.8) is 0 Å². The van der Waals surface area contributed by atoms with Gasteiger partial charge in [-0.05, 0) is 30.5 Å². The maximum Gasteiger partial charge on any atom is 0.256 e. The zero-order valence-corrected chi connectivity index (χ0v) is 12.1. The molecule has 0 aliphatic heterocycles. The first-order valence-electron chi connectivity index (χ1n) is 6.26. The fourth-order valence-corrected chi connectivity index (χ4v) is 2.46. The van der Waals surface area contributed by atoms with E-state index in [0.29, 0.717) is 11.4 Å². The van der Waals surface area contributed by atoms with Crippen molar-refractivity contribution < 1.29 is 4.79 Å². The van der Waals surface area contributed by atoms with Gasteiger partial charge < -0.3 is 5.32 Å². The fourth-order valence-electron chi connectivity index (χ4n) is 1.93. The lowest BCUT2D eigenvalue weighted by Crippen LogP contribution is -2.12. The van der Waals surface area contributed by atoms with Gasteiger partial charge in [0.15, 0.2) is 5.16 Å². The molecule has 3 aromatic rings. The quantitative estimate of drug-likeness (QED) is 0.726. The Morgan fingerprint density at radius 1 is 1.24 bits per heavy atom. The molecule has 0 aliphatic carbocycles. The van der Waals surface area contributed by atoms with E-state index in [9.17, 15) is 4.79 Å². The number of hydrogen-bond donors (Lipinski definition) is 2. The molecular weight excluding hydrogens is 286 g/mol. The minimum atomic E-state index is -0.179. The van der Waals surface area contributed by atoms with Crippen LogP contribution in [0.5, 0.6) is 0 Å². The second kappa shape index (κ2) is 5.84. The highest BCUT2D eigenvalue weighted by Crippen LogP contribution is 2.18. The average molecular weight is 299 g/mol. The number of carbonyl (C=O) groups is 1. The first-order valence-corrected chi connectivity index (χ1v) is 7.49. The van der Waals surface area contributed by atoms with Crippen LogP contribution in [-0.4, -0.2) is 31.9 Å². The predicted molar refractivity (Wildman–Crippen MR) is 81.9 cm³/mol. The van der Waals surface area contributed by atoms with Gasteiger partial charge in [-0.1, -0.05) is 11.8 Å². The van der Waals surface area contributed by atoms with Crippen LogP contribution in [0.1, 0.15) is 10.4 Å². The molecule has 0 saturated heterocycles. The maximum atomic E-state index is 12.1. The van der Waals surface area contributed by atoms with Crippen molar-refractivity contribution in [3.05, 3.63) is 54.5 Å². The van der Waals surface area contributed by atoms with Crippen molar-refractivity contribution in [1.82, 2.24) is 19.7 Å². The highest BCUT2D eigenvalue weighted by Gasteiger charge is 2.08. The Bertz CT molecular complexity index is 733. The number of amides is 1. The van der Waals surface area contributed by atoms with Crippen molar-refractivity contribution >= 4 is 23.5 Å². The molecule has 0 atom stereocenters. The van der Waals surface area contributed by atoms with Gasteiger partial charge >= 0.3 is 0 Å². The van der Waals surface area contributed by atoms with Gasteiger partial charge in [-0.2, -0.15) is 5.10 Å². The Hall–Kier alpha value is -2.54. The lowest BCUT2D eigenvalue weighted by atomic mass is 10.2. The molecule has 1 amide bonds. The summed E-state index contributed by atoms with van der Waals surface area (Å²) in [5.74, 6) is 0.393. The number of imidazole rings is 1. The van der Waals surface area contributed by atoms with E-state index in [1.165, 1.54) is 0 Å². The lowest BCUT2D eigenvalue weighted by molar-refractivity contribution is 0.102. The van der Waals surface area contributed by atoms with E-state index in [1.54, 1.807) is 42.4 Å². The summed E-state index contributed by atoms with van der Waals surface area (Å²) < 4.78 is 1.97. The van der Waals surface area contributed by atoms with E-state index in [4.69, 9.17) is 0 Å². The van der Waals surface area contributed by atoms with Crippen LogP contribution in [0.3, 0.4) is 0 Å². The molecule has 0 unspecified atom stereocenters. The topological polar surface area (TPSA) is 75.6 Å². The minimum absolute atomic E-state index is 0.179. The molecule has 21 heavy (non-hydrogen) atoms. The molecule has 1 aromatic carbocycles. The van der Waals surface area contributed by atoms with Crippen molar-refractivity contribution in [2.24, 2.45) is 0 Å². The SMILES string of the molecule is CSc1nccn1-c1ccc(C(=O)Nc2ccn[nH]2)cc1. The number of nitrogens with zero attached hydrogens (tertiary/aromatic N) is 3. The standard InChI is InChI=1S/C14H13N5OS/c1-21-14-15-8-9-19(14)11-4-2-10(3-5-11)13(20)17-12-6-7-16-18-12/h2-9H,1H3,(H2,16,17,18,20). The zero-order valence-electron chi connectivity index (χ0n) is 11.3. The summed E-state index contributed by atoms with van der Waals surface area (Å²) in [7, 11) is 0. The van der Waals surface area contributed by atoms with Crippen molar-refractivity contribution in [2.75, 3.05) is 11.6 Å². The molecule has 0 spiro atoms. The van der Waals surface area contributed by atoms with Gasteiger partial charge in [0.25, 0.3) is 5.91 Å². The van der Waals surface area contributed by atoms with E-state index in [2.05, 4.69) is 20.5 Å². The first kappa shape index (κ1) is 13.4. The third-order valence-corrected chi connectivity index (χ3v) is 3.61. The van der Waals surface area contributed by atoms with Crippen LogP contribution in [-0.2, 0) is 0 Å². The van der Waals surface area contributed by atoms with Crippen molar-refractivity contribution in [3.8, 4) is 5.69 Å². The maximum absolute atomic E-state index is 12.1. The Labute approximate surface area is 125 Å². The van der Waals surface area contributed by atoms with E-state index in [0.717, 1.165) is 10.8 Å². The lowest BCUT2D eigenvalue weighted by Gasteiger charge is -2.07. The number of thioether (sulfide) groups is 1. The van der Waals surface area contributed by atoms with Crippen LogP contribution in [0.2, 0.25) is 0 Å². The molecule has 6 nitrogen and oxygen atoms in total. The number of rotatable bonds is 4. The van der Waals surface area contributed by atoms with Crippen LogP contribution in [0.4, 0.5) is 5.82 Å². The molecule has 0 bridgehead atoms. The highest BCUT2D eigenvalue weighted by molar-refractivity contribution is 7.98. The van der Waals surface area contributed by atoms with Crippen LogP contribution < -0.4 is 5.32 Å². The minimum Gasteiger partial charge on any atom is -0.307 e. The number of H-pyrrole nitrogens is 1. The normalized spacial score (nSPS) is 10.5. The van der Waals surface area contributed by atoms with E-state index >= 15 is 0 Å². The second-order valence-corrected chi connectivity index (χ2v) is 5.03. The van der Waals surface area contributed by atoms with Gasteiger partial charge in [-0.15, -0.1) is 0 Å². The van der Waals surface area contributed by atoms with Crippen LogP contribution in [0.25, 0.3) is 5.69 Å². The number of hydrogen-bond acceptors (Lipinski definition) is 4. The molecule has 3 rings (SSSR count). The van der Waals surface area contributed by atoms with Crippen LogP contribution in [0.15, 0.2) is 54.1 Å². The zero-order chi connectivity index (χ0) is 14.7. The third kappa shape index (κ3) is 2.82. The third-order valence-electron chi connectivity index (χ3n) is 2.95. The molecule has 0 aliphatic rings. The number of carbonyl (C=O) groups excluding carboxylic acids is 1. The van der Waals surface area contributed by atoms with Gasteiger partial charge in [0.2, 0.25) is 0 Å². The summed E-state index contributed by atoms with van der Waals surface area (Å²) in [6.07, 6.45) is 7.21. The van der Waals surface area contributed by atoms with Gasteiger partial charge in [0.1, 0.15) is 5.82 Å². The van der Waals surface area contributed by atoms with E-state index in [-0.39, 0.29) is 5.91 Å². The molecule has 0 saturated carbocycles. The summed E-state index contributed by atoms with van der Waals surface area (Å²) in [6.45, 7) is 0. The molecular formula is C14H13N5OS. The number of aromatic amines is 1. The Balaban J connectivity index is 1.79. The van der Waals surface area contributed by atoms with Crippen molar-refractivity contribution in [2.45, 2.75) is 5.16 Å². The summed E-state index contributed by atoms with van der Waals surface area (Å²) in [5, 5.41) is 10.1. The molecule has 2 N–H and O–H groups in total. The van der Waals surface area contributed by atoms with Crippen LogP contribution >= 0.6 is 11.8 Å². The molecule has 0 fully saturated rings. The second-order valence-electron chi connectivity index (χ2n) is 4.26. The largest absolute Gasteiger partial charge is 0.307 e. The van der Waals surface area contributed by atoms with E-state index < -0.39 is 0 Å². The number of benzene rings is 1. The molecule has 2 heterocycles. The number of anilines is 1. The number of nitrogens with one attached hydrogen (secondary N) is 2. The first-order chi connectivity index (χ1) is 10.3. The Morgan fingerprint density at radius 3 is 2.71 bits per heavy atom. The molecule has 106 valence electrons. The van der Waals surface area contributed by atoms with Crippen LogP contribution in [0, 0.1) is 0 Å². The van der Waals surface area contributed by atoms with Gasteiger partial charge in [0.05, 0.1) is 6.20 Å². The summed E-state index contributed by atoms with van der Waals surface area (Å²) in [5.41, 5.74) is 1.55. The average Bonchev–Trinajstić information content (AvgIpc) is 3.18. The van der Waals surface area contributed by atoms with Gasteiger partial charge in [0, 0.05) is 29.7 Å². The van der Waals surface area contributed by atoms with Crippen molar-refractivity contribution in [1.29, 1.82) is 0 Å². The van der Waals surface area contributed by atoms with E-state index in [1.807, 2.05) is 29.2 Å². The fraction of sp³-hybridized carbons (Fsp3) is 0.0714. The molecule has 0 radical (unpaired) electrons. The molecule has 7 heteroatoms. The monoisotopic (exact) mass is 299 g/mol. The Morgan fingerprint density at radius 2 is 2.05 bits per heavy atom. The summed E-state index contributed by atoms with van der Waals surface area (Å²) in [6, 6.07) is 9.05. The van der Waals surface area contributed by atoms with Gasteiger partial charge in [-0.3, -0.25) is 14.5 Å². The smallest absolute Gasteiger partial charge is 0.256 e. The summed E-state index contributed by atoms with van der Waals surface area (Å²) >= 11 is 1.57. The van der Waals surface area contributed by atoms with Gasteiger partial charge in [-0.25, -0.2) is 4.98 Å². The summed E-state index contributed by atoms with van der Waals surface area (Å²) in [4.78, 5) is 16.3. The Kier molecular flexibility index (Phi) is 3.74.